The molecule has 0 heterocycles. The van der Waals surface area contributed by atoms with Gasteiger partial charge in [0.1, 0.15) is 13.2 Å². The van der Waals surface area contributed by atoms with Crippen LogP contribution in [0.25, 0.3) is 11.1 Å². The third-order valence-corrected chi connectivity index (χ3v) is 7.12. The van der Waals surface area contributed by atoms with Gasteiger partial charge in [-0.1, -0.05) is 105 Å². The third kappa shape index (κ3) is 7.70. The maximum Gasteiger partial charge on any atom is 0.408 e. The van der Waals surface area contributed by atoms with Crippen LogP contribution in [0, 0.1) is 5.92 Å². The highest BCUT2D eigenvalue weighted by molar-refractivity contribution is 5.80. The molecule has 8 nitrogen and oxygen atoms in total. The Labute approximate surface area is 235 Å². The lowest BCUT2D eigenvalue weighted by atomic mass is 9.98. The van der Waals surface area contributed by atoms with Crippen molar-refractivity contribution in [1.29, 1.82) is 0 Å². The fourth-order valence-electron chi connectivity index (χ4n) is 5.02. The second-order valence-electron chi connectivity index (χ2n) is 9.88. The van der Waals surface area contributed by atoms with Crippen molar-refractivity contribution >= 4 is 18.4 Å². The number of nitrogens with zero attached hydrogens (tertiary/aromatic N) is 1. The summed E-state index contributed by atoms with van der Waals surface area (Å²) in [5.41, 5.74) is 5.51. The van der Waals surface area contributed by atoms with E-state index in [0.717, 1.165) is 47.1 Å². The van der Waals surface area contributed by atoms with Gasteiger partial charge in [0.15, 0.2) is 0 Å². The number of ether oxygens (including phenoxy) is 1. The molecule has 0 spiro atoms. The van der Waals surface area contributed by atoms with Crippen LogP contribution >= 0.6 is 0 Å². The summed E-state index contributed by atoms with van der Waals surface area (Å²) in [6.07, 6.45) is 3.43. The number of benzene rings is 3. The zero-order chi connectivity index (χ0) is 28.2. The summed E-state index contributed by atoms with van der Waals surface area (Å²) in [6, 6.07) is 25.8. The van der Waals surface area contributed by atoms with Gasteiger partial charge < -0.3 is 15.4 Å². The number of rotatable bonds is 15. The summed E-state index contributed by atoms with van der Waals surface area (Å²) >= 11 is 0. The van der Waals surface area contributed by atoms with E-state index in [9.17, 15) is 14.4 Å². The number of alkyl carbamates (subject to hydrolysis) is 1. The number of nitrogens with one attached hydrogen (secondary N) is 2. The molecule has 3 amide bonds. The van der Waals surface area contributed by atoms with Crippen molar-refractivity contribution in [2.24, 2.45) is 5.92 Å². The largest absolute Gasteiger partial charge is 0.449 e. The molecule has 1 unspecified atom stereocenters. The van der Waals surface area contributed by atoms with Gasteiger partial charge in [0.2, 0.25) is 12.3 Å². The lowest BCUT2D eigenvalue weighted by molar-refractivity contribution is -0.182. The number of amides is 3. The summed E-state index contributed by atoms with van der Waals surface area (Å²) in [6.45, 7) is 2.56. The summed E-state index contributed by atoms with van der Waals surface area (Å²) in [5.74, 6) is -0.775. The Bertz CT molecular complexity index is 1220. The van der Waals surface area contributed by atoms with Crippen molar-refractivity contribution in [3.63, 3.8) is 0 Å². The van der Waals surface area contributed by atoms with Crippen LogP contribution in [0.3, 0.4) is 0 Å². The number of hydroxylamine groups is 2. The van der Waals surface area contributed by atoms with Gasteiger partial charge in [-0.3, -0.25) is 14.4 Å². The van der Waals surface area contributed by atoms with Gasteiger partial charge in [-0.25, -0.2) is 9.86 Å². The molecule has 0 aromatic heterocycles. The smallest absolute Gasteiger partial charge is 0.408 e. The van der Waals surface area contributed by atoms with E-state index < -0.39 is 12.0 Å². The van der Waals surface area contributed by atoms with Gasteiger partial charge in [0, 0.05) is 5.92 Å². The van der Waals surface area contributed by atoms with Gasteiger partial charge in [-0.05, 0) is 34.2 Å². The number of hydrogen-bond donors (Lipinski definition) is 2. The Kier molecular flexibility index (Phi) is 10.7. The first kappa shape index (κ1) is 28.8. The van der Waals surface area contributed by atoms with E-state index in [1.165, 1.54) is 5.06 Å². The molecule has 1 aliphatic carbocycles. The first-order chi connectivity index (χ1) is 19.6. The van der Waals surface area contributed by atoms with Gasteiger partial charge >= 0.3 is 6.09 Å². The highest BCUT2D eigenvalue weighted by atomic mass is 16.7. The molecule has 0 saturated carbocycles. The molecular formula is C32H37N3O5. The molecule has 0 saturated heterocycles. The van der Waals surface area contributed by atoms with Crippen molar-refractivity contribution in [3.05, 3.63) is 95.6 Å². The fraction of sp³-hybridized carbons (Fsp3) is 0.344. The van der Waals surface area contributed by atoms with Crippen LogP contribution in [0.1, 0.15) is 55.2 Å². The number of carbonyl (C=O) groups is 3. The molecule has 2 N–H and O–H groups in total. The van der Waals surface area contributed by atoms with E-state index in [4.69, 9.17) is 9.57 Å². The molecule has 0 radical (unpaired) electrons. The Morgan fingerprint density at radius 2 is 1.55 bits per heavy atom. The van der Waals surface area contributed by atoms with E-state index >= 15 is 0 Å². The Hall–Kier alpha value is -4.17. The van der Waals surface area contributed by atoms with Gasteiger partial charge in [0.05, 0.1) is 19.1 Å². The van der Waals surface area contributed by atoms with Crippen molar-refractivity contribution in [1.82, 2.24) is 15.7 Å². The first-order valence-corrected chi connectivity index (χ1v) is 13.9. The Balaban J connectivity index is 1.25. The SMILES string of the molecule is CCCCCC(CN(C=O)OCc1ccccc1)C(=O)NCNC(=O)OCC1c2ccccc2-c2ccccc21. The zero-order valence-electron chi connectivity index (χ0n) is 22.9. The van der Waals surface area contributed by atoms with E-state index in [1.54, 1.807) is 0 Å². The maximum atomic E-state index is 13.0. The quantitative estimate of drug-likeness (QED) is 0.116. The topological polar surface area (TPSA) is 97.0 Å². The molecule has 0 aliphatic heterocycles. The monoisotopic (exact) mass is 543 g/mol. The standard InChI is InChI=1S/C32H37N3O5/c1-2-3-5-14-25(19-35(23-36)40-20-24-12-6-4-7-13-24)31(37)33-22-34-32(38)39-21-30-28-17-10-8-15-26(28)27-16-9-11-18-29(27)30/h4,6-13,15-18,23,25,30H,2-3,5,14,19-22H2,1H3,(H,33,37)(H,34,38). The summed E-state index contributed by atoms with van der Waals surface area (Å²) < 4.78 is 5.54. The van der Waals surface area contributed by atoms with Gasteiger partial charge in [-0.15, -0.1) is 0 Å². The summed E-state index contributed by atoms with van der Waals surface area (Å²) in [7, 11) is 0. The number of carbonyl (C=O) groups excluding carboxylic acids is 3. The minimum Gasteiger partial charge on any atom is -0.449 e. The minimum atomic E-state index is -0.606. The average molecular weight is 544 g/mol. The predicted octanol–water partition coefficient (Wildman–Crippen LogP) is 5.39. The number of fused-ring (bicyclic) bond motifs is 3. The molecule has 40 heavy (non-hydrogen) atoms. The van der Waals surface area contributed by atoms with E-state index in [2.05, 4.69) is 41.8 Å². The fourth-order valence-corrected chi connectivity index (χ4v) is 5.02. The lowest BCUT2D eigenvalue weighted by Gasteiger charge is -2.23. The second-order valence-corrected chi connectivity index (χ2v) is 9.88. The minimum absolute atomic E-state index is 0.0408. The summed E-state index contributed by atoms with van der Waals surface area (Å²) in [5, 5.41) is 6.54. The molecular weight excluding hydrogens is 506 g/mol. The molecule has 0 fully saturated rings. The number of unbranched alkanes of at least 4 members (excludes halogenated alkanes) is 2. The highest BCUT2D eigenvalue weighted by Crippen LogP contribution is 2.44. The summed E-state index contributed by atoms with van der Waals surface area (Å²) in [4.78, 5) is 42.7. The van der Waals surface area contributed by atoms with Crippen molar-refractivity contribution in [3.8, 4) is 11.1 Å². The normalized spacial score (nSPS) is 12.6. The van der Waals surface area contributed by atoms with E-state index in [1.807, 2.05) is 54.6 Å². The van der Waals surface area contributed by atoms with Crippen LogP contribution in [0.5, 0.6) is 0 Å². The van der Waals surface area contributed by atoms with Crippen LogP contribution in [0.2, 0.25) is 0 Å². The number of hydrogen-bond acceptors (Lipinski definition) is 5. The Morgan fingerprint density at radius 1 is 0.900 bits per heavy atom. The molecule has 1 atom stereocenters. The van der Waals surface area contributed by atoms with E-state index in [-0.39, 0.29) is 38.3 Å². The maximum absolute atomic E-state index is 13.0. The van der Waals surface area contributed by atoms with E-state index in [0.29, 0.717) is 12.8 Å². The van der Waals surface area contributed by atoms with Crippen LogP contribution < -0.4 is 10.6 Å². The molecule has 210 valence electrons. The van der Waals surface area contributed by atoms with Crippen molar-refractivity contribution in [2.75, 3.05) is 19.8 Å². The third-order valence-electron chi connectivity index (χ3n) is 7.12. The lowest BCUT2D eigenvalue weighted by Crippen LogP contribution is -2.43. The van der Waals surface area contributed by atoms with Crippen LogP contribution in [-0.2, 0) is 25.8 Å². The molecule has 3 aromatic carbocycles. The van der Waals surface area contributed by atoms with Crippen molar-refractivity contribution < 1.29 is 24.0 Å². The van der Waals surface area contributed by atoms with Gasteiger partial charge in [0.25, 0.3) is 0 Å². The molecule has 8 heteroatoms. The van der Waals surface area contributed by atoms with Crippen LogP contribution in [-0.4, -0.2) is 43.3 Å². The first-order valence-electron chi connectivity index (χ1n) is 13.9. The molecule has 4 rings (SSSR count). The molecule has 1 aliphatic rings. The second kappa shape index (κ2) is 14.8. The average Bonchev–Trinajstić information content (AvgIpc) is 3.31. The van der Waals surface area contributed by atoms with Gasteiger partial charge in [-0.2, -0.15) is 0 Å². The molecule has 3 aromatic rings. The Morgan fingerprint density at radius 3 is 2.20 bits per heavy atom. The molecule has 0 bridgehead atoms. The van der Waals surface area contributed by atoms with Crippen LogP contribution in [0.15, 0.2) is 78.9 Å². The van der Waals surface area contributed by atoms with Crippen LogP contribution in [0.4, 0.5) is 4.79 Å². The highest BCUT2D eigenvalue weighted by Gasteiger charge is 2.29. The van der Waals surface area contributed by atoms with Crippen molar-refractivity contribution in [2.45, 2.75) is 45.1 Å². The predicted molar refractivity (Wildman–Crippen MR) is 153 cm³/mol. The zero-order valence-corrected chi connectivity index (χ0v) is 22.9.